The first kappa shape index (κ1) is 16.8. The minimum atomic E-state index is 0.393. The van der Waals surface area contributed by atoms with E-state index in [1.807, 2.05) is 33.1 Å². The number of aromatic hydroxyl groups is 1. The Morgan fingerprint density at radius 2 is 1.91 bits per heavy atom. The summed E-state index contributed by atoms with van der Waals surface area (Å²) in [6.45, 7) is 6.47. The molecular formula is C21H32O2. The lowest BCUT2D eigenvalue weighted by Crippen LogP contribution is -2.44. The smallest absolute Gasteiger partial charge is 0.115 e. The van der Waals surface area contributed by atoms with Crippen LogP contribution in [0.5, 0.6) is 5.75 Å². The molecule has 0 aliphatic heterocycles. The molecule has 0 radical (unpaired) electrons. The Balaban J connectivity index is 0.000000753. The highest BCUT2D eigenvalue weighted by molar-refractivity contribution is 5.40. The second kappa shape index (κ2) is 6.47. The van der Waals surface area contributed by atoms with E-state index in [0.717, 1.165) is 18.3 Å². The number of benzene rings is 1. The summed E-state index contributed by atoms with van der Waals surface area (Å²) in [4.78, 5) is 0. The maximum atomic E-state index is 9.73. The van der Waals surface area contributed by atoms with Gasteiger partial charge in [-0.2, -0.15) is 0 Å². The molecule has 0 heterocycles. The van der Waals surface area contributed by atoms with Crippen molar-refractivity contribution in [2.24, 2.45) is 17.3 Å². The summed E-state index contributed by atoms with van der Waals surface area (Å²) in [7, 11) is 1.89. The van der Waals surface area contributed by atoms with Crippen molar-refractivity contribution < 1.29 is 9.84 Å². The second-order valence-electron chi connectivity index (χ2n) is 7.64. The molecule has 23 heavy (non-hydrogen) atoms. The van der Waals surface area contributed by atoms with Crippen molar-refractivity contribution in [1.29, 1.82) is 0 Å². The predicted molar refractivity (Wildman–Crippen MR) is 94.9 cm³/mol. The van der Waals surface area contributed by atoms with Gasteiger partial charge in [-0.25, -0.2) is 0 Å². The Morgan fingerprint density at radius 3 is 2.65 bits per heavy atom. The molecule has 0 spiro atoms. The molecule has 128 valence electrons. The van der Waals surface area contributed by atoms with Crippen LogP contribution >= 0.6 is 0 Å². The average molecular weight is 316 g/mol. The van der Waals surface area contributed by atoms with Gasteiger partial charge in [-0.05, 0) is 85.0 Å². The highest BCUT2D eigenvalue weighted by Gasteiger charge is 2.54. The maximum Gasteiger partial charge on any atom is 0.115 e. The minimum Gasteiger partial charge on any atom is -0.508 e. The van der Waals surface area contributed by atoms with Gasteiger partial charge in [-0.1, -0.05) is 26.8 Å². The normalized spacial score (nSPS) is 37.9. The van der Waals surface area contributed by atoms with Gasteiger partial charge in [-0.15, -0.1) is 0 Å². The Labute approximate surface area is 141 Å². The Bertz CT molecular complexity index is 553. The average Bonchev–Trinajstić information content (AvgIpc) is 2.92. The molecule has 3 unspecified atom stereocenters. The number of hydrogen-bond acceptors (Lipinski definition) is 2. The van der Waals surface area contributed by atoms with Crippen LogP contribution in [0.4, 0.5) is 0 Å². The van der Waals surface area contributed by atoms with Crippen molar-refractivity contribution >= 4 is 0 Å². The van der Waals surface area contributed by atoms with Crippen LogP contribution in [0.3, 0.4) is 0 Å². The first-order valence-corrected chi connectivity index (χ1v) is 9.48. The summed E-state index contributed by atoms with van der Waals surface area (Å²) in [5, 5.41) is 9.73. The molecule has 4 rings (SSSR count). The first-order chi connectivity index (χ1) is 11.1. The topological polar surface area (TPSA) is 29.5 Å². The van der Waals surface area contributed by atoms with Crippen LogP contribution in [0.15, 0.2) is 18.2 Å². The minimum absolute atomic E-state index is 0.393. The van der Waals surface area contributed by atoms with Gasteiger partial charge in [0.1, 0.15) is 5.75 Å². The molecule has 1 aromatic rings. The van der Waals surface area contributed by atoms with Crippen LogP contribution in [-0.2, 0) is 11.2 Å². The van der Waals surface area contributed by atoms with Crippen molar-refractivity contribution in [3.63, 3.8) is 0 Å². The zero-order chi connectivity index (χ0) is 16.6. The summed E-state index contributed by atoms with van der Waals surface area (Å²) in [5.41, 5.74) is 3.30. The summed E-state index contributed by atoms with van der Waals surface area (Å²) in [6.07, 6.45) is 8.04. The van der Waals surface area contributed by atoms with Crippen LogP contribution in [0.25, 0.3) is 0 Å². The van der Waals surface area contributed by atoms with Gasteiger partial charge in [0.15, 0.2) is 0 Å². The number of aryl methyl sites for hydroxylation is 1. The van der Waals surface area contributed by atoms with Gasteiger partial charge in [0.2, 0.25) is 0 Å². The quantitative estimate of drug-likeness (QED) is 0.763. The third-order valence-electron chi connectivity index (χ3n) is 6.91. The van der Waals surface area contributed by atoms with E-state index in [1.165, 1.54) is 43.2 Å². The summed E-state index contributed by atoms with van der Waals surface area (Å²) >= 11 is 0. The molecule has 2 saturated carbocycles. The number of phenols is 1. The van der Waals surface area contributed by atoms with Crippen molar-refractivity contribution in [3.8, 4) is 5.75 Å². The van der Waals surface area contributed by atoms with Crippen molar-refractivity contribution in [3.05, 3.63) is 29.3 Å². The Hall–Kier alpha value is -1.02. The van der Waals surface area contributed by atoms with Crippen LogP contribution in [0.2, 0.25) is 0 Å². The van der Waals surface area contributed by atoms with Crippen LogP contribution in [0, 0.1) is 17.3 Å². The van der Waals surface area contributed by atoms with Crippen molar-refractivity contribution in [1.82, 2.24) is 0 Å². The van der Waals surface area contributed by atoms with Crippen LogP contribution < -0.4 is 0 Å². The fraction of sp³-hybridized carbons (Fsp3) is 0.714. The summed E-state index contributed by atoms with van der Waals surface area (Å²) < 4.78 is 5.82. The van der Waals surface area contributed by atoms with E-state index in [9.17, 15) is 5.11 Å². The van der Waals surface area contributed by atoms with Gasteiger partial charge < -0.3 is 9.84 Å². The molecule has 1 aromatic carbocycles. The Morgan fingerprint density at radius 1 is 1.13 bits per heavy atom. The molecule has 3 aliphatic rings. The van der Waals surface area contributed by atoms with E-state index >= 15 is 0 Å². The van der Waals surface area contributed by atoms with Crippen LogP contribution in [-0.4, -0.2) is 18.3 Å². The molecule has 0 aromatic heterocycles. The second-order valence-corrected chi connectivity index (χ2v) is 7.64. The van der Waals surface area contributed by atoms with E-state index in [0.29, 0.717) is 23.2 Å². The number of phenolic OH excluding ortho intramolecular Hbond substituents is 1. The fourth-order valence-corrected chi connectivity index (χ4v) is 5.91. The standard InChI is InChI=1S/C19H26O2.C2H6/c1-19-10-9-15-14-6-4-13(20)11-12(14)3-5-16(15)17(19)7-8-18(19)21-2;1-2/h4,6,11,15-18,20H,3,5,7-10H2,1-2H3;1-2H3/t15?,16?,17?,18-,19-;/m0./s1. The van der Waals surface area contributed by atoms with Crippen LogP contribution in [0.1, 0.15) is 69.9 Å². The van der Waals surface area contributed by atoms with E-state index in [2.05, 4.69) is 13.0 Å². The number of methoxy groups -OCH3 is 1. The lowest BCUT2D eigenvalue weighted by Gasteiger charge is -2.50. The third-order valence-corrected chi connectivity index (χ3v) is 6.91. The zero-order valence-corrected chi connectivity index (χ0v) is 15.1. The van der Waals surface area contributed by atoms with Gasteiger partial charge in [-0.3, -0.25) is 0 Å². The monoisotopic (exact) mass is 316 g/mol. The molecule has 3 aliphatic carbocycles. The SMILES string of the molecule is CC.CO[C@H]1CCC2C3CCc4cc(O)ccc4C3CC[C@@]21C. The van der Waals surface area contributed by atoms with E-state index in [-0.39, 0.29) is 0 Å². The number of rotatable bonds is 1. The molecule has 5 atom stereocenters. The highest BCUT2D eigenvalue weighted by atomic mass is 16.5. The largest absolute Gasteiger partial charge is 0.508 e. The molecule has 0 amide bonds. The van der Waals surface area contributed by atoms with Crippen molar-refractivity contribution in [2.75, 3.05) is 7.11 Å². The number of fused-ring (bicyclic) bond motifs is 5. The maximum absolute atomic E-state index is 9.73. The third kappa shape index (κ3) is 2.59. The molecule has 2 nitrogen and oxygen atoms in total. The van der Waals surface area contributed by atoms with E-state index in [4.69, 9.17) is 4.74 Å². The first-order valence-electron chi connectivity index (χ1n) is 9.48. The molecule has 2 heteroatoms. The number of hydrogen-bond donors (Lipinski definition) is 1. The van der Waals surface area contributed by atoms with E-state index < -0.39 is 0 Å². The highest BCUT2D eigenvalue weighted by Crippen LogP contribution is 2.61. The Kier molecular flexibility index (Phi) is 4.73. The molecule has 1 N–H and O–H groups in total. The van der Waals surface area contributed by atoms with Gasteiger partial charge in [0.05, 0.1) is 6.10 Å². The predicted octanol–water partition coefficient (Wildman–Crippen LogP) is 5.29. The number of ether oxygens (including phenoxy) is 1. The zero-order valence-electron chi connectivity index (χ0n) is 15.1. The van der Waals surface area contributed by atoms with Crippen molar-refractivity contribution in [2.45, 2.75) is 71.3 Å². The lowest BCUT2D eigenvalue weighted by atomic mass is 9.55. The molecule has 2 fully saturated rings. The summed E-state index contributed by atoms with van der Waals surface area (Å²) in [6, 6.07) is 6.06. The van der Waals surface area contributed by atoms with Gasteiger partial charge >= 0.3 is 0 Å². The van der Waals surface area contributed by atoms with Gasteiger partial charge in [0.25, 0.3) is 0 Å². The van der Waals surface area contributed by atoms with E-state index in [1.54, 1.807) is 0 Å². The lowest BCUT2D eigenvalue weighted by molar-refractivity contribution is -0.0444. The van der Waals surface area contributed by atoms with Gasteiger partial charge in [0, 0.05) is 7.11 Å². The molecule has 0 bridgehead atoms. The fourth-order valence-electron chi connectivity index (χ4n) is 5.91. The molecule has 0 saturated heterocycles. The summed E-state index contributed by atoms with van der Waals surface area (Å²) in [5.74, 6) is 2.78. The molecular weight excluding hydrogens is 284 g/mol.